The van der Waals surface area contributed by atoms with E-state index in [9.17, 15) is 0 Å². The summed E-state index contributed by atoms with van der Waals surface area (Å²) < 4.78 is 0. The predicted octanol–water partition coefficient (Wildman–Crippen LogP) is 7.28. The van der Waals surface area contributed by atoms with Crippen LogP contribution < -0.4 is 15.9 Å². The van der Waals surface area contributed by atoms with Crippen LogP contribution in [0.25, 0.3) is 21.9 Å². The van der Waals surface area contributed by atoms with Crippen molar-refractivity contribution in [1.29, 1.82) is 0 Å². The van der Waals surface area contributed by atoms with Crippen LogP contribution in [-0.4, -0.2) is 6.66 Å². The summed E-state index contributed by atoms with van der Waals surface area (Å²) in [6.45, 7) is 2.42. The van der Waals surface area contributed by atoms with E-state index in [1.165, 1.54) is 37.8 Å². The van der Waals surface area contributed by atoms with Crippen LogP contribution >= 0.6 is 20.8 Å². The molecule has 0 atom stereocenters. The van der Waals surface area contributed by atoms with Crippen LogP contribution in [0.3, 0.4) is 0 Å². The molecule has 0 amide bonds. The maximum atomic E-state index is 4.46. The molecule has 0 aliphatic rings. The second-order valence-corrected chi connectivity index (χ2v) is 17.8. The van der Waals surface area contributed by atoms with Crippen LogP contribution in [0.15, 0.2) is 127 Å². The van der Waals surface area contributed by atoms with Crippen molar-refractivity contribution in [3.05, 3.63) is 127 Å². The van der Waals surface area contributed by atoms with Crippen molar-refractivity contribution in [2.24, 2.45) is 0 Å². The van der Waals surface area contributed by atoms with Gasteiger partial charge in [0, 0.05) is 0 Å². The molecule has 5 rings (SSSR count). The zero-order valence-corrected chi connectivity index (χ0v) is 19.9. The average molecular weight is 483 g/mol. The van der Waals surface area contributed by atoms with Crippen molar-refractivity contribution < 1.29 is 0 Å². The normalized spacial score (nSPS) is 12.9. The van der Waals surface area contributed by atoms with Gasteiger partial charge in [-0.3, -0.25) is 0 Å². The summed E-state index contributed by atoms with van der Waals surface area (Å²) in [6.07, 6.45) is 0. The molecule has 5 aromatic carbocycles. The van der Waals surface area contributed by atoms with Gasteiger partial charge in [0.1, 0.15) is 0 Å². The molecule has 0 unspecified atom stereocenters. The van der Waals surface area contributed by atoms with Crippen molar-refractivity contribution in [2.45, 2.75) is 0 Å². The van der Waals surface area contributed by atoms with Crippen molar-refractivity contribution in [3.63, 3.8) is 0 Å². The standard InChI is InChI=1S/C29H24BrP/c1-31(30,24-15-4-2-5-16-24,25-17-6-3-7-18-25)29-22-11-10-20-28(29)27-21-12-14-23-13-8-9-19-26(23)27/h2-22H,1H3. The molecule has 0 spiro atoms. The first kappa shape index (κ1) is 20.2. The maximum absolute atomic E-state index is 4.46. The fourth-order valence-corrected chi connectivity index (χ4v) is 10.8. The monoisotopic (exact) mass is 482 g/mol. The first-order valence-corrected chi connectivity index (χ1v) is 15.2. The summed E-state index contributed by atoms with van der Waals surface area (Å²) in [4.78, 5) is 0. The third-order valence-corrected chi connectivity index (χ3v) is 14.5. The molecular weight excluding hydrogens is 459 g/mol. The Bertz CT molecular complexity index is 1310. The van der Waals surface area contributed by atoms with E-state index in [0.29, 0.717) is 0 Å². The molecule has 31 heavy (non-hydrogen) atoms. The fourth-order valence-electron chi connectivity index (χ4n) is 4.62. The second kappa shape index (κ2) is 7.75. The fraction of sp³-hybridized carbons (Fsp3) is 0.0345. The molecule has 2 heteroatoms. The second-order valence-electron chi connectivity index (χ2n) is 8.14. The Morgan fingerprint density at radius 3 is 1.65 bits per heavy atom. The molecule has 0 aliphatic heterocycles. The number of benzene rings is 5. The third kappa shape index (κ3) is 3.24. The number of rotatable bonds is 4. The Morgan fingerprint density at radius 1 is 0.484 bits per heavy atom. The van der Waals surface area contributed by atoms with Gasteiger partial charge in [0.15, 0.2) is 0 Å². The molecule has 0 fully saturated rings. The van der Waals surface area contributed by atoms with E-state index in [0.717, 1.165) is 0 Å². The summed E-state index contributed by atoms with van der Waals surface area (Å²) >= 11 is 4.46. The van der Waals surface area contributed by atoms with E-state index in [1.54, 1.807) is 0 Å². The van der Waals surface area contributed by atoms with Crippen molar-refractivity contribution in [2.75, 3.05) is 6.66 Å². The summed E-state index contributed by atoms with van der Waals surface area (Å²) in [5.41, 5.74) is 2.56. The van der Waals surface area contributed by atoms with E-state index in [-0.39, 0.29) is 0 Å². The van der Waals surface area contributed by atoms with E-state index in [1.807, 2.05) is 0 Å². The molecule has 0 aliphatic carbocycles. The van der Waals surface area contributed by atoms with Crippen LogP contribution in [0.5, 0.6) is 0 Å². The van der Waals surface area contributed by atoms with Gasteiger partial charge in [0.05, 0.1) is 0 Å². The summed E-state index contributed by atoms with van der Waals surface area (Å²) in [5.74, 6) is 0. The van der Waals surface area contributed by atoms with Gasteiger partial charge in [-0.1, -0.05) is 0 Å². The first-order chi connectivity index (χ1) is 15.1. The Hall–Kier alpha value is -2.73. The van der Waals surface area contributed by atoms with Gasteiger partial charge in [-0.15, -0.1) is 0 Å². The van der Waals surface area contributed by atoms with Crippen LogP contribution in [0.2, 0.25) is 0 Å². The summed E-state index contributed by atoms with van der Waals surface area (Å²) in [5, 5.41) is 3.66. The van der Waals surface area contributed by atoms with E-state index in [2.05, 4.69) is 150 Å². The van der Waals surface area contributed by atoms with E-state index in [4.69, 9.17) is 0 Å². The minimum atomic E-state index is -2.89. The van der Waals surface area contributed by atoms with Crippen molar-refractivity contribution >= 4 is 47.5 Å². The summed E-state index contributed by atoms with van der Waals surface area (Å²) in [6, 6.07) is 46.0. The molecule has 0 nitrogen and oxygen atoms in total. The first-order valence-electron chi connectivity index (χ1n) is 10.5. The minimum absolute atomic E-state index is 1.26. The van der Waals surface area contributed by atoms with E-state index < -0.39 is 5.31 Å². The molecule has 0 heterocycles. The van der Waals surface area contributed by atoms with E-state index >= 15 is 0 Å². The predicted molar refractivity (Wildman–Crippen MR) is 143 cm³/mol. The molecular formula is C29H24BrP. The van der Waals surface area contributed by atoms with Crippen molar-refractivity contribution in [1.82, 2.24) is 0 Å². The molecule has 0 saturated carbocycles. The third-order valence-electron chi connectivity index (χ3n) is 6.30. The average Bonchev–Trinajstić information content (AvgIpc) is 2.85. The Kier molecular flexibility index (Phi) is 5.05. The quantitative estimate of drug-likeness (QED) is 0.236. The Balaban J connectivity index is 1.89. The van der Waals surface area contributed by atoms with Gasteiger partial charge in [0.25, 0.3) is 0 Å². The van der Waals surface area contributed by atoms with Crippen molar-refractivity contribution in [3.8, 4) is 11.1 Å². The number of halogens is 1. The SMILES string of the molecule is CP(Br)(c1ccccc1)(c1ccccc1)c1ccccc1-c1cccc2ccccc12. The Labute approximate surface area is 192 Å². The van der Waals surface area contributed by atoms with Crippen LogP contribution in [0, 0.1) is 0 Å². The van der Waals surface area contributed by atoms with Gasteiger partial charge in [-0.05, 0) is 0 Å². The zero-order valence-electron chi connectivity index (χ0n) is 17.4. The molecule has 0 N–H and O–H groups in total. The van der Waals surface area contributed by atoms with Crippen LogP contribution in [0.4, 0.5) is 0 Å². The topological polar surface area (TPSA) is 0 Å². The molecule has 0 bridgehead atoms. The molecule has 0 radical (unpaired) electrons. The van der Waals surface area contributed by atoms with Gasteiger partial charge < -0.3 is 0 Å². The van der Waals surface area contributed by atoms with Crippen LogP contribution in [-0.2, 0) is 0 Å². The van der Waals surface area contributed by atoms with Gasteiger partial charge in [0.2, 0.25) is 0 Å². The zero-order chi connectivity index (χ0) is 21.3. The molecule has 0 saturated heterocycles. The summed E-state index contributed by atoms with van der Waals surface area (Å²) in [7, 11) is 0. The number of hydrogen-bond acceptors (Lipinski definition) is 0. The number of fused-ring (bicyclic) bond motifs is 1. The van der Waals surface area contributed by atoms with Gasteiger partial charge in [-0.25, -0.2) is 0 Å². The molecule has 5 aromatic rings. The Morgan fingerprint density at radius 2 is 0.968 bits per heavy atom. The molecule has 0 aromatic heterocycles. The van der Waals surface area contributed by atoms with Crippen LogP contribution in [0.1, 0.15) is 0 Å². The number of hydrogen-bond donors (Lipinski definition) is 0. The van der Waals surface area contributed by atoms with Gasteiger partial charge >= 0.3 is 193 Å². The van der Waals surface area contributed by atoms with Gasteiger partial charge in [-0.2, -0.15) is 0 Å². The molecule has 152 valence electrons.